The number of benzene rings is 1. The second-order valence-electron chi connectivity index (χ2n) is 5.49. The van der Waals surface area contributed by atoms with Crippen LogP contribution in [-0.4, -0.2) is 6.04 Å². The lowest BCUT2D eigenvalue weighted by Gasteiger charge is -2.20. The third-order valence-corrected chi connectivity index (χ3v) is 4.79. The molecule has 2 rings (SSSR count). The van der Waals surface area contributed by atoms with E-state index in [9.17, 15) is 0 Å². The molecular formula is C13H16Br2ClN. The SMILES string of the molecule is CC1(C)CCC(Nc2c(Br)cc(Cl)cc2Br)C1. The van der Waals surface area contributed by atoms with Crippen LogP contribution in [-0.2, 0) is 0 Å². The number of hydrogen-bond donors (Lipinski definition) is 1. The minimum atomic E-state index is 0.461. The summed E-state index contributed by atoms with van der Waals surface area (Å²) in [5.74, 6) is 0. The molecule has 94 valence electrons. The maximum atomic E-state index is 6.00. The summed E-state index contributed by atoms with van der Waals surface area (Å²) in [6.07, 6.45) is 3.73. The van der Waals surface area contributed by atoms with Gasteiger partial charge in [-0.3, -0.25) is 0 Å². The van der Waals surface area contributed by atoms with Gasteiger partial charge in [0, 0.05) is 20.0 Å². The Hall–Kier alpha value is 0.270. The van der Waals surface area contributed by atoms with Crippen molar-refractivity contribution in [1.82, 2.24) is 0 Å². The van der Waals surface area contributed by atoms with Crippen molar-refractivity contribution in [1.29, 1.82) is 0 Å². The molecular weight excluding hydrogens is 365 g/mol. The maximum Gasteiger partial charge on any atom is 0.0632 e. The highest BCUT2D eigenvalue weighted by Crippen LogP contribution is 2.41. The van der Waals surface area contributed by atoms with Gasteiger partial charge in [0.25, 0.3) is 0 Å². The second-order valence-corrected chi connectivity index (χ2v) is 7.64. The molecule has 1 aliphatic rings. The van der Waals surface area contributed by atoms with Crippen LogP contribution in [0.4, 0.5) is 5.69 Å². The molecule has 1 aromatic carbocycles. The fourth-order valence-corrected chi connectivity index (χ4v) is 4.34. The number of nitrogens with one attached hydrogen (secondary N) is 1. The molecule has 1 N–H and O–H groups in total. The summed E-state index contributed by atoms with van der Waals surface area (Å²) < 4.78 is 2.03. The van der Waals surface area contributed by atoms with Crippen molar-refractivity contribution in [3.8, 4) is 0 Å². The van der Waals surface area contributed by atoms with E-state index in [0.29, 0.717) is 11.5 Å². The predicted molar refractivity (Wildman–Crippen MR) is 81.9 cm³/mol. The molecule has 1 saturated carbocycles. The van der Waals surface area contributed by atoms with Crippen molar-refractivity contribution in [3.05, 3.63) is 26.1 Å². The van der Waals surface area contributed by atoms with E-state index in [0.717, 1.165) is 19.7 Å². The first-order chi connectivity index (χ1) is 7.87. The molecule has 0 aromatic heterocycles. The van der Waals surface area contributed by atoms with Crippen LogP contribution in [0.1, 0.15) is 33.1 Å². The van der Waals surface area contributed by atoms with Gasteiger partial charge in [-0.1, -0.05) is 25.4 Å². The molecule has 0 amide bonds. The molecule has 17 heavy (non-hydrogen) atoms. The van der Waals surface area contributed by atoms with Crippen molar-refractivity contribution in [2.24, 2.45) is 5.41 Å². The first-order valence-corrected chi connectivity index (χ1v) is 7.75. The Labute approximate surface area is 125 Å². The van der Waals surface area contributed by atoms with Crippen molar-refractivity contribution in [2.75, 3.05) is 5.32 Å². The van der Waals surface area contributed by atoms with Crippen LogP contribution in [0.2, 0.25) is 5.02 Å². The average Bonchev–Trinajstić information content (AvgIpc) is 2.52. The monoisotopic (exact) mass is 379 g/mol. The largest absolute Gasteiger partial charge is 0.380 e. The molecule has 1 unspecified atom stereocenters. The molecule has 0 heterocycles. The van der Waals surface area contributed by atoms with Gasteiger partial charge in [0.05, 0.1) is 5.69 Å². The number of anilines is 1. The smallest absolute Gasteiger partial charge is 0.0632 e. The minimum absolute atomic E-state index is 0.461. The maximum absolute atomic E-state index is 6.00. The fraction of sp³-hybridized carbons (Fsp3) is 0.538. The van der Waals surface area contributed by atoms with Gasteiger partial charge in [-0.15, -0.1) is 0 Å². The lowest BCUT2D eigenvalue weighted by atomic mass is 9.92. The molecule has 0 radical (unpaired) electrons. The van der Waals surface area contributed by atoms with E-state index in [2.05, 4.69) is 51.0 Å². The molecule has 1 aliphatic carbocycles. The lowest BCUT2D eigenvalue weighted by Crippen LogP contribution is -2.18. The highest BCUT2D eigenvalue weighted by Gasteiger charge is 2.31. The molecule has 1 atom stereocenters. The van der Waals surface area contributed by atoms with Crippen molar-refractivity contribution < 1.29 is 0 Å². The molecule has 0 aliphatic heterocycles. The topological polar surface area (TPSA) is 12.0 Å². The Balaban J connectivity index is 2.15. The summed E-state index contributed by atoms with van der Waals surface area (Å²) in [4.78, 5) is 0. The molecule has 4 heteroatoms. The van der Waals surface area contributed by atoms with E-state index in [1.165, 1.54) is 19.3 Å². The predicted octanol–water partition coefficient (Wildman–Crippen LogP) is 5.86. The highest BCUT2D eigenvalue weighted by atomic mass is 79.9. The third-order valence-electron chi connectivity index (χ3n) is 3.32. The molecule has 0 saturated heterocycles. The van der Waals surface area contributed by atoms with Crippen LogP contribution in [0.15, 0.2) is 21.1 Å². The summed E-state index contributed by atoms with van der Waals surface area (Å²) in [6, 6.07) is 4.41. The molecule has 1 nitrogen and oxygen atoms in total. The van der Waals surface area contributed by atoms with Crippen molar-refractivity contribution >= 4 is 49.1 Å². The number of rotatable bonds is 2. The highest BCUT2D eigenvalue weighted by molar-refractivity contribution is 9.11. The Bertz CT molecular complexity index is 408. The first kappa shape index (κ1) is 13.7. The molecule has 1 fully saturated rings. The Morgan fingerprint density at radius 1 is 1.29 bits per heavy atom. The van der Waals surface area contributed by atoms with Gasteiger partial charge in [-0.05, 0) is 68.7 Å². The normalized spacial score (nSPS) is 22.8. The van der Waals surface area contributed by atoms with Crippen LogP contribution < -0.4 is 5.32 Å². The third kappa shape index (κ3) is 3.39. The second kappa shape index (κ2) is 5.10. The summed E-state index contributed by atoms with van der Waals surface area (Å²) in [5.41, 5.74) is 1.57. The Morgan fingerprint density at radius 2 is 1.88 bits per heavy atom. The summed E-state index contributed by atoms with van der Waals surface area (Å²) in [5, 5.41) is 4.34. The van der Waals surface area contributed by atoms with Crippen molar-refractivity contribution in [2.45, 2.75) is 39.2 Å². The van der Waals surface area contributed by atoms with Gasteiger partial charge in [0.2, 0.25) is 0 Å². The van der Waals surface area contributed by atoms with Crippen molar-refractivity contribution in [3.63, 3.8) is 0 Å². The summed E-state index contributed by atoms with van der Waals surface area (Å²) in [6.45, 7) is 4.67. The average molecular weight is 382 g/mol. The van der Waals surface area contributed by atoms with Crippen LogP contribution in [0.3, 0.4) is 0 Å². The quantitative estimate of drug-likeness (QED) is 0.677. The Kier molecular flexibility index (Phi) is 4.11. The minimum Gasteiger partial charge on any atom is -0.380 e. The number of halogens is 3. The zero-order valence-electron chi connectivity index (χ0n) is 9.99. The Morgan fingerprint density at radius 3 is 2.35 bits per heavy atom. The summed E-state index contributed by atoms with van der Waals surface area (Å²) in [7, 11) is 0. The van der Waals surface area contributed by atoms with E-state index in [4.69, 9.17) is 11.6 Å². The van der Waals surface area contributed by atoms with Gasteiger partial charge in [0.1, 0.15) is 0 Å². The standard InChI is InChI=1S/C13H16Br2ClN/c1-13(2)4-3-9(7-13)17-12-10(14)5-8(16)6-11(12)15/h5-6,9,17H,3-4,7H2,1-2H3. The van der Waals surface area contributed by atoms with Crippen LogP contribution in [0.25, 0.3) is 0 Å². The summed E-state index contributed by atoms with van der Waals surface area (Å²) >= 11 is 13.1. The molecule has 1 aromatic rings. The van der Waals surface area contributed by atoms with Crippen LogP contribution >= 0.6 is 43.5 Å². The lowest BCUT2D eigenvalue weighted by molar-refractivity contribution is 0.378. The van der Waals surface area contributed by atoms with Gasteiger partial charge in [0.15, 0.2) is 0 Å². The first-order valence-electron chi connectivity index (χ1n) is 5.78. The van der Waals surface area contributed by atoms with E-state index in [1.807, 2.05) is 12.1 Å². The van der Waals surface area contributed by atoms with Crippen LogP contribution in [0.5, 0.6) is 0 Å². The van der Waals surface area contributed by atoms with Gasteiger partial charge < -0.3 is 5.32 Å². The number of hydrogen-bond acceptors (Lipinski definition) is 1. The molecule has 0 spiro atoms. The van der Waals surface area contributed by atoms with E-state index >= 15 is 0 Å². The van der Waals surface area contributed by atoms with Gasteiger partial charge in [-0.2, -0.15) is 0 Å². The van der Waals surface area contributed by atoms with Gasteiger partial charge in [-0.25, -0.2) is 0 Å². The van der Waals surface area contributed by atoms with E-state index < -0.39 is 0 Å². The van der Waals surface area contributed by atoms with E-state index in [-0.39, 0.29) is 0 Å². The van der Waals surface area contributed by atoms with Gasteiger partial charge >= 0.3 is 0 Å². The van der Waals surface area contributed by atoms with Crippen LogP contribution in [0, 0.1) is 5.41 Å². The van der Waals surface area contributed by atoms with E-state index in [1.54, 1.807) is 0 Å². The fourth-order valence-electron chi connectivity index (χ4n) is 2.44. The molecule has 0 bridgehead atoms. The zero-order valence-corrected chi connectivity index (χ0v) is 13.9. The zero-order chi connectivity index (χ0) is 12.6.